The Kier molecular flexibility index (Phi) is 5.89. The smallest absolute Gasteiger partial charge is 0.257 e. The Bertz CT molecular complexity index is 1050. The molecule has 0 N–H and O–H groups in total. The molecule has 1 aliphatic rings. The molecule has 152 valence electrons. The van der Waals surface area contributed by atoms with Crippen LogP contribution in [0.15, 0.2) is 84.0 Å². The lowest BCUT2D eigenvalue weighted by Crippen LogP contribution is -2.37. The molecular weight excluding hydrogens is 379 g/mol. The van der Waals surface area contributed by atoms with Gasteiger partial charge in [0.05, 0.1) is 17.8 Å². The van der Waals surface area contributed by atoms with Crippen molar-refractivity contribution in [1.29, 1.82) is 0 Å². The van der Waals surface area contributed by atoms with Crippen molar-refractivity contribution in [2.24, 2.45) is 5.16 Å². The Balaban J connectivity index is 1.51. The molecule has 0 aliphatic carbocycles. The number of carbonyl (C=O) groups excluding carboxylic acids is 1. The van der Waals surface area contributed by atoms with Crippen LogP contribution in [0.3, 0.4) is 0 Å². The zero-order valence-corrected chi connectivity index (χ0v) is 16.8. The van der Waals surface area contributed by atoms with Crippen LogP contribution in [0.4, 0.5) is 4.39 Å². The molecule has 1 atom stereocenters. The zero-order valence-electron chi connectivity index (χ0n) is 16.8. The Morgan fingerprint density at radius 3 is 2.47 bits per heavy atom. The van der Waals surface area contributed by atoms with Crippen molar-refractivity contribution < 1.29 is 14.0 Å². The highest BCUT2D eigenvalue weighted by Gasteiger charge is 2.28. The first-order chi connectivity index (χ1) is 14.6. The van der Waals surface area contributed by atoms with Gasteiger partial charge in [-0.15, -0.1) is 0 Å². The van der Waals surface area contributed by atoms with Gasteiger partial charge in [0.1, 0.15) is 5.82 Å². The monoisotopic (exact) mass is 402 g/mol. The predicted molar refractivity (Wildman–Crippen MR) is 115 cm³/mol. The molecule has 30 heavy (non-hydrogen) atoms. The summed E-state index contributed by atoms with van der Waals surface area (Å²) in [6, 6.07) is 23.8. The number of benzene rings is 3. The minimum atomic E-state index is -0.524. The molecule has 1 amide bonds. The first-order valence-corrected chi connectivity index (χ1v) is 9.97. The third kappa shape index (κ3) is 4.57. The second-order valence-electron chi connectivity index (χ2n) is 7.49. The van der Waals surface area contributed by atoms with E-state index in [1.54, 1.807) is 17.0 Å². The van der Waals surface area contributed by atoms with Crippen molar-refractivity contribution in [2.75, 3.05) is 6.54 Å². The van der Waals surface area contributed by atoms with Crippen LogP contribution in [-0.4, -0.2) is 29.2 Å². The lowest BCUT2D eigenvalue weighted by atomic mass is 10.0. The molecule has 5 heteroatoms. The van der Waals surface area contributed by atoms with Crippen LogP contribution in [0.25, 0.3) is 0 Å². The zero-order chi connectivity index (χ0) is 20.9. The van der Waals surface area contributed by atoms with E-state index >= 15 is 0 Å². The second-order valence-corrected chi connectivity index (χ2v) is 7.49. The lowest BCUT2D eigenvalue weighted by Gasteiger charge is -2.25. The van der Waals surface area contributed by atoms with Crippen molar-refractivity contribution in [1.82, 2.24) is 4.90 Å². The topological polar surface area (TPSA) is 41.9 Å². The van der Waals surface area contributed by atoms with Crippen molar-refractivity contribution in [3.05, 3.63) is 107 Å². The van der Waals surface area contributed by atoms with Gasteiger partial charge < -0.3 is 9.74 Å². The summed E-state index contributed by atoms with van der Waals surface area (Å²) >= 11 is 0. The molecule has 1 aliphatic heterocycles. The molecule has 4 rings (SSSR count). The third-order valence-corrected chi connectivity index (χ3v) is 5.15. The fourth-order valence-corrected chi connectivity index (χ4v) is 3.52. The predicted octanol–water partition coefficient (Wildman–Crippen LogP) is 4.97. The molecule has 3 aromatic carbocycles. The fraction of sp³-hybridized carbons (Fsp3) is 0.200. The Morgan fingerprint density at radius 1 is 1.03 bits per heavy atom. The SMILES string of the molecule is Cc1ccc(C2=NOC(CN(Cc3ccccc3)C(=O)c3ccccc3F)C2)cc1. The van der Waals surface area contributed by atoms with Gasteiger partial charge >= 0.3 is 0 Å². The van der Waals surface area contributed by atoms with Crippen LogP contribution < -0.4 is 0 Å². The Hall–Kier alpha value is -3.47. The highest BCUT2D eigenvalue weighted by molar-refractivity contribution is 6.01. The summed E-state index contributed by atoms with van der Waals surface area (Å²) in [5.74, 6) is -0.881. The minimum Gasteiger partial charge on any atom is -0.390 e. The molecule has 1 unspecified atom stereocenters. The number of nitrogens with zero attached hydrogens (tertiary/aromatic N) is 2. The van der Waals surface area contributed by atoms with Crippen LogP contribution in [-0.2, 0) is 11.4 Å². The van der Waals surface area contributed by atoms with Crippen LogP contribution in [0.1, 0.15) is 33.5 Å². The Morgan fingerprint density at radius 2 is 1.73 bits per heavy atom. The maximum absolute atomic E-state index is 14.3. The van der Waals surface area contributed by atoms with E-state index in [-0.39, 0.29) is 17.6 Å². The normalized spacial score (nSPS) is 15.4. The summed E-state index contributed by atoms with van der Waals surface area (Å²) in [7, 11) is 0. The number of hydrogen-bond donors (Lipinski definition) is 0. The standard InChI is InChI=1S/C25H23FN2O2/c1-18-11-13-20(14-12-18)24-15-21(30-27-24)17-28(16-19-7-3-2-4-8-19)25(29)22-9-5-6-10-23(22)26/h2-14,21H,15-17H2,1H3. The summed E-state index contributed by atoms with van der Waals surface area (Å²) in [5.41, 5.74) is 4.08. The van der Waals surface area contributed by atoms with Crippen LogP contribution in [0.5, 0.6) is 0 Å². The van der Waals surface area contributed by atoms with Gasteiger partial charge in [0.25, 0.3) is 5.91 Å². The number of rotatable bonds is 6. The summed E-state index contributed by atoms with van der Waals surface area (Å²) in [5, 5.41) is 4.23. The maximum atomic E-state index is 14.3. The van der Waals surface area contributed by atoms with Crippen molar-refractivity contribution in [3.8, 4) is 0 Å². The van der Waals surface area contributed by atoms with E-state index < -0.39 is 5.82 Å². The molecule has 3 aromatic rings. The first kappa shape index (κ1) is 19.8. The van der Waals surface area contributed by atoms with Gasteiger partial charge in [-0.25, -0.2) is 4.39 Å². The summed E-state index contributed by atoms with van der Waals surface area (Å²) in [6.45, 7) is 2.73. The first-order valence-electron chi connectivity index (χ1n) is 9.97. The number of oxime groups is 1. The van der Waals surface area contributed by atoms with Crippen LogP contribution in [0.2, 0.25) is 0 Å². The van der Waals surface area contributed by atoms with E-state index in [9.17, 15) is 9.18 Å². The highest BCUT2D eigenvalue weighted by atomic mass is 19.1. The molecule has 0 bridgehead atoms. The molecule has 0 spiro atoms. The van der Waals surface area contributed by atoms with E-state index in [2.05, 4.69) is 5.16 Å². The van der Waals surface area contributed by atoms with Crippen molar-refractivity contribution in [3.63, 3.8) is 0 Å². The summed E-state index contributed by atoms with van der Waals surface area (Å²) < 4.78 is 14.3. The molecule has 0 aromatic heterocycles. The highest BCUT2D eigenvalue weighted by Crippen LogP contribution is 2.21. The van der Waals surface area contributed by atoms with Gasteiger partial charge in [-0.1, -0.05) is 77.4 Å². The van der Waals surface area contributed by atoms with Gasteiger partial charge in [-0.2, -0.15) is 0 Å². The fourth-order valence-electron chi connectivity index (χ4n) is 3.52. The number of aryl methyl sites for hydroxylation is 1. The number of amides is 1. The van der Waals surface area contributed by atoms with Crippen molar-refractivity contribution in [2.45, 2.75) is 26.0 Å². The number of halogens is 1. The molecule has 0 saturated heterocycles. The van der Waals surface area contributed by atoms with E-state index in [0.29, 0.717) is 19.5 Å². The van der Waals surface area contributed by atoms with Gasteiger partial charge in [-0.3, -0.25) is 4.79 Å². The summed E-state index contributed by atoms with van der Waals surface area (Å²) in [6.07, 6.45) is 0.319. The number of hydrogen-bond acceptors (Lipinski definition) is 3. The van der Waals surface area contributed by atoms with Crippen LogP contribution >= 0.6 is 0 Å². The van der Waals surface area contributed by atoms with Gasteiger partial charge in [0.2, 0.25) is 0 Å². The van der Waals surface area contributed by atoms with E-state index in [1.807, 2.05) is 61.5 Å². The van der Waals surface area contributed by atoms with E-state index in [4.69, 9.17) is 4.84 Å². The van der Waals surface area contributed by atoms with Gasteiger partial charge in [-0.05, 0) is 30.2 Å². The lowest BCUT2D eigenvalue weighted by molar-refractivity contribution is 0.0402. The average molecular weight is 402 g/mol. The van der Waals surface area contributed by atoms with E-state index in [1.165, 1.54) is 17.7 Å². The van der Waals surface area contributed by atoms with Crippen LogP contribution in [0, 0.1) is 12.7 Å². The van der Waals surface area contributed by atoms with Gasteiger partial charge in [0, 0.05) is 13.0 Å². The molecule has 0 fully saturated rings. The summed E-state index contributed by atoms with van der Waals surface area (Å²) in [4.78, 5) is 20.4. The quantitative estimate of drug-likeness (QED) is 0.584. The minimum absolute atomic E-state index is 0.0612. The molecule has 4 nitrogen and oxygen atoms in total. The molecule has 1 heterocycles. The molecular formula is C25H23FN2O2. The number of carbonyl (C=O) groups is 1. The molecule has 0 radical (unpaired) electrons. The second kappa shape index (κ2) is 8.91. The molecule has 0 saturated carbocycles. The average Bonchev–Trinajstić information content (AvgIpc) is 3.23. The van der Waals surface area contributed by atoms with E-state index in [0.717, 1.165) is 16.8 Å². The maximum Gasteiger partial charge on any atom is 0.257 e. The van der Waals surface area contributed by atoms with Gasteiger partial charge in [0.15, 0.2) is 6.10 Å². The Labute approximate surface area is 175 Å². The van der Waals surface area contributed by atoms with Crippen molar-refractivity contribution >= 4 is 11.6 Å². The third-order valence-electron chi connectivity index (χ3n) is 5.15. The largest absolute Gasteiger partial charge is 0.390 e.